The van der Waals surface area contributed by atoms with Crippen LogP contribution in [0.15, 0.2) is 41.3 Å². The Kier molecular flexibility index (Phi) is 7.43. The fourth-order valence-electron chi connectivity index (χ4n) is 4.03. The maximum atomic E-state index is 14.5. The molecule has 0 saturated carbocycles. The summed E-state index contributed by atoms with van der Waals surface area (Å²) >= 11 is 0. The third-order valence-corrected chi connectivity index (χ3v) is 5.85. The smallest absolute Gasteiger partial charge is 0.263 e. The van der Waals surface area contributed by atoms with Crippen LogP contribution in [0, 0.1) is 18.7 Å². The average molecular weight is 414 g/mol. The minimum absolute atomic E-state index is 0.176. The van der Waals surface area contributed by atoms with Crippen LogP contribution in [0.4, 0.5) is 4.39 Å². The van der Waals surface area contributed by atoms with E-state index in [2.05, 4.69) is 24.1 Å². The summed E-state index contributed by atoms with van der Waals surface area (Å²) in [5.74, 6) is -0.190. The van der Waals surface area contributed by atoms with Crippen LogP contribution >= 0.6 is 0 Å². The Morgan fingerprint density at radius 2 is 1.87 bits per heavy atom. The van der Waals surface area contributed by atoms with Crippen molar-refractivity contribution in [1.82, 2.24) is 14.8 Å². The summed E-state index contributed by atoms with van der Waals surface area (Å²) in [4.78, 5) is 28.1. The molecule has 2 aromatic rings. The van der Waals surface area contributed by atoms with Crippen molar-refractivity contribution in [3.8, 4) is 0 Å². The number of nitrogens with one attached hydrogen (secondary N) is 1. The van der Waals surface area contributed by atoms with Crippen LogP contribution in [0.3, 0.4) is 0 Å². The van der Waals surface area contributed by atoms with Gasteiger partial charge in [-0.2, -0.15) is 0 Å². The lowest BCUT2D eigenvalue weighted by Gasteiger charge is -2.28. The Morgan fingerprint density at radius 3 is 2.53 bits per heavy atom. The van der Waals surface area contributed by atoms with Gasteiger partial charge in [-0.05, 0) is 62.9 Å². The topological polar surface area (TPSA) is 54.3 Å². The average Bonchev–Trinajstić information content (AvgIpc) is 3.23. The molecule has 0 spiro atoms. The van der Waals surface area contributed by atoms with Crippen LogP contribution in [0.1, 0.15) is 60.6 Å². The van der Waals surface area contributed by atoms with Crippen LogP contribution in [0.25, 0.3) is 0 Å². The zero-order valence-corrected chi connectivity index (χ0v) is 18.2. The van der Waals surface area contributed by atoms with Crippen molar-refractivity contribution in [2.75, 3.05) is 19.6 Å². The van der Waals surface area contributed by atoms with Crippen molar-refractivity contribution in [1.29, 1.82) is 0 Å². The minimum atomic E-state index is -0.392. The lowest BCUT2D eigenvalue weighted by atomic mass is 10.0. The molecule has 1 fully saturated rings. The maximum Gasteiger partial charge on any atom is 0.263 e. The zero-order chi connectivity index (χ0) is 21.7. The van der Waals surface area contributed by atoms with Gasteiger partial charge in [-0.3, -0.25) is 14.5 Å². The Morgan fingerprint density at radius 1 is 1.17 bits per heavy atom. The molecule has 5 nitrogen and oxygen atoms in total. The van der Waals surface area contributed by atoms with Crippen molar-refractivity contribution < 1.29 is 9.18 Å². The molecule has 1 aliphatic heterocycles. The monoisotopic (exact) mass is 413 g/mol. The number of nitrogens with zero attached hydrogens (tertiary/aromatic N) is 2. The fraction of sp³-hybridized carbons (Fsp3) is 0.500. The lowest BCUT2D eigenvalue weighted by molar-refractivity contribution is 0.0934. The second-order valence-corrected chi connectivity index (χ2v) is 8.55. The number of pyridine rings is 1. The molecule has 30 heavy (non-hydrogen) atoms. The zero-order valence-electron chi connectivity index (χ0n) is 18.2. The molecule has 1 aromatic carbocycles. The molecule has 0 bridgehead atoms. The third kappa shape index (κ3) is 5.17. The van der Waals surface area contributed by atoms with E-state index in [1.807, 2.05) is 12.1 Å². The second-order valence-electron chi connectivity index (χ2n) is 8.55. The number of halogens is 1. The molecule has 0 radical (unpaired) electrons. The molecule has 1 unspecified atom stereocenters. The number of carbonyl (C=O) groups is 1. The van der Waals surface area contributed by atoms with Crippen LogP contribution < -0.4 is 10.9 Å². The Bertz CT molecular complexity index is 932. The van der Waals surface area contributed by atoms with Gasteiger partial charge in [0, 0.05) is 24.8 Å². The maximum absolute atomic E-state index is 14.5. The van der Waals surface area contributed by atoms with Gasteiger partial charge in [0.1, 0.15) is 11.4 Å². The molecule has 1 N–H and O–H groups in total. The van der Waals surface area contributed by atoms with Crippen molar-refractivity contribution in [2.24, 2.45) is 5.92 Å². The normalized spacial score (nSPS) is 15.5. The quantitative estimate of drug-likeness (QED) is 0.714. The first-order valence-electron chi connectivity index (χ1n) is 10.8. The highest BCUT2D eigenvalue weighted by Crippen LogP contribution is 2.26. The van der Waals surface area contributed by atoms with Crippen LogP contribution in [-0.2, 0) is 6.54 Å². The SMILES string of the molecule is Cc1ccn(CCC(C)C)c(=O)c1C(=O)NCC(c1ccccc1F)N1CCCC1. The summed E-state index contributed by atoms with van der Waals surface area (Å²) in [6, 6.07) is 8.28. The molecule has 1 aromatic heterocycles. The molecule has 1 saturated heterocycles. The molecule has 6 heteroatoms. The first-order valence-corrected chi connectivity index (χ1v) is 10.8. The summed E-state index contributed by atoms with van der Waals surface area (Å²) in [7, 11) is 0. The Hall–Kier alpha value is -2.47. The standard InChI is InChI=1S/C24H32FN3O2/c1-17(2)10-14-28-15-11-18(3)22(24(28)30)23(29)26-16-21(27-12-6-7-13-27)19-8-4-5-9-20(19)25/h4-5,8-9,11,15,17,21H,6-7,10,12-14,16H2,1-3H3,(H,26,29). The summed E-state index contributed by atoms with van der Waals surface area (Å²) in [5.41, 5.74) is 1.15. The number of likely N-dealkylation sites (tertiary alicyclic amines) is 1. The highest BCUT2D eigenvalue weighted by atomic mass is 19.1. The number of hydrogen-bond acceptors (Lipinski definition) is 3. The first kappa shape index (κ1) is 22.2. The van der Waals surface area contributed by atoms with Gasteiger partial charge in [0.15, 0.2) is 0 Å². The van der Waals surface area contributed by atoms with Gasteiger partial charge < -0.3 is 9.88 Å². The van der Waals surface area contributed by atoms with Gasteiger partial charge in [0.05, 0.1) is 6.04 Å². The predicted molar refractivity (Wildman–Crippen MR) is 117 cm³/mol. The van der Waals surface area contributed by atoms with E-state index in [9.17, 15) is 14.0 Å². The molecule has 1 aliphatic rings. The van der Waals surface area contributed by atoms with Crippen LogP contribution in [0.5, 0.6) is 0 Å². The van der Waals surface area contributed by atoms with E-state index in [1.54, 1.807) is 29.8 Å². The van der Waals surface area contributed by atoms with Crippen LogP contribution in [0.2, 0.25) is 0 Å². The number of carbonyl (C=O) groups excluding carboxylic acids is 1. The second kappa shape index (κ2) is 10.0. The van der Waals surface area contributed by atoms with E-state index in [1.165, 1.54) is 6.07 Å². The number of amides is 1. The molecule has 0 aliphatic carbocycles. The minimum Gasteiger partial charge on any atom is -0.350 e. The molecule has 2 heterocycles. The van der Waals surface area contributed by atoms with Crippen molar-refractivity contribution in [3.63, 3.8) is 0 Å². The third-order valence-electron chi connectivity index (χ3n) is 5.85. The number of rotatable bonds is 8. The van der Waals surface area contributed by atoms with E-state index in [0.29, 0.717) is 23.6 Å². The highest BCUT2D eigenvalue weighted by Gasteiger charge is 2.27. The number of hydrogen-bond donors (Lipinski definition) is 1. The van der Waals surface area contributed by atoms with Gasteiger partial charge >= 0.3 is 0 Å². The number of aryl methyl sites for hydroxylation is 2. The highest BCUT2D eigenvalue weighted by molar-refractivity contribution is 5.95. The largest absolute Gasteiger partial charge is 0.350 e. The molecular weight excluding hydrogens is 381 g/mol. The van der Waals surface area contributed by atoms with E-state index >= 15 is 0 Å². The molecule has 1 amide bonds. The van der Waals surface area contributed by atoms with Gasteiger partial charge in [-0.15, -0.1) is 0 Å². The number of benzene rings is 1. The summed E-state index contributed by atoms with van der Waals surface area (Å²) < 4.78 is 16.1. The van der Waals surface area contributed by atoms with E-state index in [-0.39, 0.29) is 29.5 Å². The fourth-order valence-corrected chi connectivity index (χ4v) is 4.03. The van der Waals surface area contributed by atoms with Crippen molar-refractivity contribution in [3.05, 3.63) is 69.4 Å². The molecular formula is C24H32FN3O2. The number of aromatic nitrogens is 1. The first-order chi connectivity index (χ1) is 14.4. The Labute approximate surface area is 177 Å². The summed E-state index contributed by atoms with van der Waals surface area (Å²) in [6.07, 6.45) is 4.76. The summed E-state index contributed by atoms with van der Waals surface area (Å²) in [6.45, 7) is 8.59. The summed E-state index contributed by atoms with van der Waals surface area (Å²) in [5, 5.41) is 2.91. The van der Waals surface area contributed by atoms with Crippen molar-refractivity contribution in [2.45, 2.75) is 52.6 Å². The van der Waals surface area contributed by atoms with Gasteiger partial charge in [0.2, 0.25) is 0 Å². The molecule has 1 atom stereocenters. The van der Waals surface area contributed by atoms with E-state index in [4.69, 9.17) is 0 Å². The van der Waals surface area contributed by atoms with Gasteiger partial charge in [-0.1, -0.05) is 32.0 Å². The lowest BCUT2D eigenvalue weighted by Crippen LogP contribution is -2.40. The van der Waals surface area contributed by atoms with Gasteiger partial charge in [0.25, 0.3) is 11.5 Å². The van der Waals surface area contributed by atoms with Crippen LogP contribution in [-0.4, -0.2) is 35.0 Å². The van der Waals surface area contributed by atoms with Gasteiger partial charge in [-0.25, -0.2) is 4.39 Å². The molecule has 3 rings (SSSR count). The van der Waals surface area contributed by atoms with E-state index in [0.717, 1.165) is 32.4 Å². The van der Waals surface area contributed by atoms with E-state index < -0.39 is 5.91 Å². The Balaban J connectivity index is 1.79. The predicted octanol–water partition coefficient (Wildman–Crippen LogP) is 3.91. The van der Waals surface area contributed by atoms with Crippen molar-refractivity contribution >= 4 is 5.91 Å². The molecule has 162 valence electrons.